The molecule has 0 fully saturated rings. The SMILES string of the molecule is CCCCCCCCCCCCCc1ccc(Oc2ccccc2[O-])c(S(=O)(=O)O)c1.[Na+]. The Balaban J connectivity index is 0.00000512. The van der Waals surface area contributed by atoms with Gasteiger partial charge in [0.25, 0.3) is 10.1 Å². The van der Waals surface area contributed by atoms with Crippen molar-refractivity contribution >= 4 is 10.1 Å². The first kappa shape index (κ1) is 29.0. The monoisotopic (exact) mass is 470 g/mol. The minimum Gasteiger partial charge on any atom is -0.870 e. The van der Waals surface area contributed by atoms with Crippen molar-refractivity contribution in [3.8, 4) is 17.2 Å². The Morgan fingerprint density at radius 3 is 1.94 bits per heavy atom. The van der Waals surface area contributed by atoms with E-state index >= 15 is 0 Å². The van der Waals surface area contributed by atoms with Crippen LogP contribution in [-0.2, 0) is 16.5 Å². The van der Waals surface area contributed by atoms with Gasteiger partial charge >= 0.3 is 29.6 Å². The Hall–Kier alpha value is -1.05. The predicted molar refractivity (Wildman–Crippen MR) is 122 cm³/mol. The topological polar surface area (TPSA) is 86.7 Å². The number of ether oxygens (including phenoxy) is 1. The van der Waals surface area contributed by atoms with Gasteiger partial charge in [0.1, 0.15) is 16.4 Å². The van der Waals surface area contributed by atoms with E-state index < -0.39 is 10.1 Å². The summed E-state index contributed by atoms with van der Waals surface area (Å²) in [7, 11) is -4.47. The molecule has 1 N–H and O–H groups in total. The van der Waals surface area contributed by atoms with E-state index in [2.05, 4.69) is 6.92 Å². The Morgan fingerprint density at radius 2 is 1.38 bits per heavy atom. The first-order valence-electron chi connectivity index (χ1n) is 11.5. The molecule has 0 atom stereocenters. The number of aryl methyl sites for hydroxylation is 1. The van der Waals surface area contributed by atoms with Gasteiger partial charge in [-0.25, -0.2) is 0 Å². The molecule has 0 saturated heterocycles. The van der Waals surface area contributed by atoms with Crippen LogP contribution in [0.3, 0.4) is 0 Å². The van der Waals surface area contributed by atoms with E-state index in [0.29, 0.717) is 0 Å². The second-order valence-electron chi connectivity index (χ2n) is 8.09. The second-order valence-corrected chi connectivity index (χ2v) is 9.48. The Labute approximate surface area is 215 Å². The van der Waals surface area contributed by atoms with Crippen LogP contribution in [0.1, 0.15) is 83.1 Å². The number of hydrogen-bond acceptors (Lipinski definition) is 4. The minimum atomic E-state index is -4.47. The fourth-order valence-corrected chi connectivity index (χ4v) is 4.30. The summed E-state index contributed by atoms with van der Waals surface area (Å²) >= 11 is 0. The molecule has 0 radical (unpaired) electrons. The van der Waals surface area contributed by atoms with Gasteiger partial charge in [0.2, 0.25) is 0 Å². The summed E-state index contributed by atoms with van der Waals surface area (Å²) in [5.74, 6) is -0.382. The summed E-state index contributed by atoms with van der Waals surface area (Å²) in [5, 5.41) is 11.8. The average Bonchev–Trinajstić information content (AvgIpc) is 2.73. The van der Waals surface area contributed by atoms with E-state index in [1.54, 1.807) is 18.2 Å². The van der Waals surface area contributed by atoms with Gasteiger partial charge in [-0.05, 0) is 36.6 Å². The molecule has 0 aliphatic rings. The van der Waals surface area contributed by atoms with E-state index in [1.807, 2.05) is 0 Å². The normalized spacial score (nSPS) is 11.2. The third-order valence-corrected chi connectivity index (χ3v) is 6.30. The van der Waals surface area contributed by atoms with Crippen LogP contribution >= 0.6 is 0 Å². The van der Waals surface area contributed by atoms with Gasteiger partial charge in [0.05, 0.1) is 0 Å². The Bertz CT molecular complexity index is 899. The van der Waals surface area contributed by atoms with Crippen LogP contribution in [0, 0.1) is 0 Å². The summed E-state index contributed by atoms with van der Waals surface area (Å²) in [6.45, 7) is 2.24. The first-order chi connectivity index (χ1) is 14.9. The van der Waals surface area contributed by atoms with Gasteiger partial charge in [-0.1, -0.05) is 101 Å². The van der Waals surface area contributed by atoms with Gasteiger partial charge in [0, 0.05) is 0 Å². The summed E-state index contributed by atoms with van der Waals surface area (Å²) in [6, 6.07) is 10.7. The molecule has 0 aromatic heterocycles. The molecule has 0 unspecified atom stereocenters. The van der Waals surface area contributed by atoms with Crippen LogP contribution in [-0.4, -0.2) is 13.0 Å². The zero-order valence-corrected chi connectivity index (χ0v) is 22.3. The van der Waals surface area contributed by atoms with Crippen molar-refractivity contribution in [1.29, 1.82) is 0 Å². The Morgan fingerprint density at radius 1 is 0.812 bits per heavy atom. The van der Waals surface area contributed by atoms with Crippen LogP contribution in [0.15, 0.2) is 47.4 Å². The fourth-order valence-electron chi connectivity index (χ4n) is 3.64. The van der Waals surface area contributed by atoms with Crippen LogP contribution in [0.2, 0.25) is 0 Å². The zero-order valence-electron chi connectivity index (χ0n) is 19.5. The van der Waals surface area contributed by atoms with Crippen molar-refractivity contribution in [2.45, 2.75) is 88.9 Å². The molecule has 2 aromatic rings. The van der Waals surface area contributed by atoms with Crippen LogP contribution < -0.4 is 39.4 Å². The maximum atomic E-state index is 11.8. The van der Waals surface area contributed by atoms with Crippen molar-refractivity contribution in [3.63, 3.8) is 0 Å². The molecule has 0 aliphatic carbocycles. The van der Waals surface area contributed by atoms with Crippen molar-refractivity contribution in [3.05, 3.63) is 48.0 Å². The number of para-hydroxylation sites is 2. The molecule has 0 heterocycles. The second kappa shape index (κ2) is 15.7. The standard InChI is InChI=1S/C25H36O5S.Na/c1-2-3-4-5-6-7-8-9-10-11-12-15-21-18-19-24(25(20-21)31(27,28)29)30-23-17-14-13-16-22(23)26;/h13-14,16-20,26H,2-12,15H2,1H3,(H,27,28,29);/q;+1/p-1. The molecular weight excluding hydrogens is 435 g/mol. The average molecular weight is 471 g/mol. The third kappa shape index (κ3) is 10.7. The third-order valence-electron chi connectivity index (χ3n) is 5.42. The number of rotatable bonds is 15. The number of benzene rings is 2. The van der Waals surface area contributed by atoms with Gasteiger partial charge in [0.15, 0.2) is 0 Å². The van der Waals surface area contributed by atoms with Gasteiger partial charge in [-0.2, -0.15) is 8.42 Å². The maximum Gasteiger partial charge on any atom is 1.00 e. The molecule has 2 aromatic carbocycles. The molecule has 0 aliphatic heterocycles. The number of hydrogen-bond donors (Lipinski definition) is 1. The van der Waals surface area contributed by atoms with Crippen molar-refractivity contribution in [2.75, 3.05) is 0 Å². The van der Waals surface area contributed by atoms with E-state index in [4.69, 9.17) is 4.74 Å². The summed E-state index contributed by atoms with van der Waals surface area (Å²) in [4.78, 5) is -0.309. The summed E-state index contributed by atoms with van der Waals surface area (Å²) in [5.41, 5.74) is 0.825. The fraction of sp³-hybridized carbons (Fsp3) is 0.520. The molecule has 0 saturated carbocycles. The molecule has 0 amide bonds. The minimum absolute atomic E-state index is 0. The number of unbranched alkanes of at least 4 members (excludes halogenated alkanes) is 10. The van der Waals surface area contributed by atoms with Crippen molar-refractivity contribution < 1.29 is 52.4 Å². The quantitative estimate of drug-likeness (QED) is 0.244. The van der Waals surface area contributed by atoms with Crippen molar-refractivity contribution in [1.82, 2.24) is 0 Å². The molecule has 172 valence electrons. The summed E-state index contributed by atoms with van der Waals surface area (Å²) in [6.07, 6.45) is 14.5. The van der Waals surface area contributed by atoms with Crippen LogP contribution in [0.25, 0.3) is 0 Å². The van der Waals surface area contributed by atoms with E-state index in [-0.39, 0.29) is 51.7 Å². The smallest absolute Gasteiger partial charge is 0.870 e. The maximum absolute atomic E-state index is 11.8. The zero-order chi connectivity index (χ0) is 22.5. The van der Waals surface area contributed by atoms with E-state index in [0.717, 1.165) is 24.8 Å². The Kier molecular flexibility index (Phi) is 14.2. The van der Waals surface area contributed by atoms with Crippen LogP contribution in [0.4, 0.5) is 0 Å². The van der Waals surface area contributed by atoms with Gasteiger partial charge < -0.3 is 9.84 Å². The molecule has 0 bridgehead atoms. The van der Waals surface area contributed by atoms with E-state index in [9.17, 15) is 18.1 Å². The molecular formula is C25H35NaO5S. The van der Waals surface area contributed by atoms with Crippen LogP contribution in [0.5, 0.6) is 17.2 Å². The molecule has 0 spiro atoms. The van der Waals surface area contributed by atoms with E-state index in [1.165, 1.54) is 82.1 Å². The largest absolute Gasteiger partial charge is 1.00 e. The molecule has 2 rings (SSSR count). The van der Waals surface area contributed by atoms with Crippen molar-refractivity contribution in [2.24, 2.45) is 0 Å². The predicted octanol–water partition coefficient (Wildman–Crippen LogP) is 3.66. The first-order valence-corrected chi connectivity index (χ1v) is 12.9. The van der Waals surface area contributed by atoms with Gasteiger partial charge in [-0.3, -0.25) is 4.55 Å². The summed E-state index contributed by atoms with van der Waals surface area (Å²) < 4.78 is 38.8. The van der Waals surface area contributed by atoms with Gasteiger partial charge in [-0.15, -0.1) is 0 Å². The molecule has 5 nitrogen and oxygen atoms in total. The molecule has 7 heteroatoms. The molecule has 32 heavy (non-hydrogen) atoms.